The maximum Gasteiger partial charge on any atom is 0.100 e. The van der Waals surface area contributed by atoms with Crippen LogP contribution in [0.1, 0.15) is 20.3 Å². The van der Waals surface area contributed by atoms with E-state index in [-0.39, 0.29) is 19.8 Å². The highest BCUT2D eigenvalue weighted by molar-refractivity contribution is 4.44. The van der Waals surface area contributed by atoms with Gasteiger partial charge in [-0.1, -0.05) is 6.92 Å². The predicted octanol–water partition coefficient (Wildman–Crippen LogP) is -1.12. The predicted molar refractivity (Wildman–Crippen MR) is 67.6 cm³/mol. The van der Waals surface area contributed by atoms with E-state index < -0.39 is 12.2 Å². The molecule has 0 bridgehead atoms. The number of hydrogen-bond donors (Lipinski definition) is 6. The molecule has 0 aliphatic carbocycles. The lowest BCUT2D eigenvalue weighted by Gasteiger charge is -1.96. The van der Waals surface area contributed by atoms with Gasteiger partial charge in [0.25, 0.3) is 0 Å². The first-order valence-corrected chi connectivity index (χ1v) is 5.29. The van der Waals surface area contributed by atoms with Crippen LogP contribution in [-0.2, 0) is 0 Å². The van der Waals surface area contributed by atoms with Crippen LogP contribution < -0.4 is 0 Å². The molecule has 0 fully saturated rings. The SMILES string of the molecule is C=C.CC(O)CO.CCCO.OCC(O)CO. The van der Waals surface area contributed by atoms with Gasteiger partial charge in [0.1, 0.15) is 6.10 Å². The molecule has 6 heteroatoms. The summed E-state index contributed by atoms with van der Waals surface area (Å²) < 4.78 is 0. The van der Waals surface area contributed by atoms with Gasteiger partial charge in [-0.15, -0.1) is 13.2 Å². The molecule has 0 radical (unpaired) electrons. The zero-order valence-electron chi connectivity index (χ0n) is 10.8. The second-order valence-corrected chi connectivity index (χ2v) is 2.77. The largest absolute Gasteiger partial charge is 0.396 e. The van der Waals surface area contributed by atoms with Crippen molar-refractivity contribution in [3.8, 4) is 0 Å². The Bertz CT molecular complexity index is 94.0. The van der Waals surface area contributed by atoms with Crippen molar-refractivity contribution < 1.29 is 30.6 Å². The molecule has 6 nitrogen and oxygen atoms in total. The van der Waals surface area contributed by atoms with Gasteiger partial charge < -0.3 is 30.6 Å². The van der Waals surface area contributed by atoms with E-state index in [1.54, 1.807) is 0 Å². The number of hydrogen-bond acceptors (Lipinski definition) is 6. The molecular formula is C11H28O6. The summed E-state index contributed by atoms with van der Waals surface area (Å²) in [7, 11) is 0. The van der Waals surface area contributed by atoms with Crippen LogP contribution in [0.15, 0.2) is 13.2 Å². The van der Waals surface area contributed by atoms with E-state index in [0.29, 0.717) is 6.61 Å². The lowest BCUT2D eigenvalue weighted by Crippen LogP contribution is -2.15. The summed E-state index contributed by atoms with van der Waals surface area (Å²) in [5.74, 6) is 0. The Morgan fingerprint density at radius 1 is 0.882 bits per heavy atom. The molecule has 0 aromatic heterocycles. The van der Waals surface area contributed by atoms with Gasteiger partial charge in [-0.2, -0.15) is 0 Å². The molecule has 0 aliphatic heterocycles. The monoisotopic (exact) mass is 256 g/mol. The summed E-state index contributed by atoms with van der Waals surface area (Å²) >= 11 is 0. The molecule has 0 heterocycles. The quantitative estimate of drug-likeness (QED) is 0.354. The van der Waals surface area contributed by atoms with Crippen LogP contribution in [0, 0.1) is 0 Å². The van der Waals surface area contributed by atoms with Crippen molar-refractivity contribution in [3.05, 3.63) is 13.2 Å². The van der Waals surface area contributed by atoms with Crippen LogP contribution in [0.5, 0.6) is 0 Å². The summed E-state index contributed by atoms with van der Waals surface area (Å²) in [6.45, 7) is 8.91. The lowest BCUT2D eigenvalue weighted by atomic mass is 10.4. The molecule has 108 valence electrons. The Morgan fingerprint density at radius 3 is 1.12 bits per heavy atom. The molecule has 0 saturated heterocycles. The van der Waals surface area contributed by atoms with E-state index >= 15 is 0 Å². The minimum atomic E-state index is -0.954. The van der Waals surface area contributed by atoms with Gasteiger partial charge in [0, 0.05) is 6.61 Å². The van der Waals surface area contributed by atoms with Gasteiger partial charge in [0.2, 0.25) is 0 Å². The zero-order chi connectivity index (χ0) is 14.7. The fourth-order valence-electron chi connectivity index (χ4n) is 0.0577. The standard InChI is InChI=1S/C3H8O3.C3H8O2.C3H8O.C2H4/c4-1-3(6)2-5;1-3(5)2-4;1-2-3-4;1-2/h3-6H,1-2H2;3-5H,2H2,1H3;4H,2-3H2,1H3;1-2H2. The third kappa shape index (κ3) is 66.9. The molecular weight excluding hydrogens is 228 g/mol. The van der Waals surface area contributed by atoms with Crippen molar-refractivity contribution in [2.75, 3.05) is 26.4 Å². The van der Waals surface area contributed by atoms with Crippen LogP contribution in [0.25, 0.3) is 0 Å². The van der Waals surface area contributed by atoms with Crippen LogP contribution in [0.2, 0.25) is 0 Å². The van der Waals surface area contributed by atoms with E-state index in [0.717, 1.165) is 6.42 Å². The average molecular weight is 256 g/mol. The topological polar surface area (TPSA) is 121 Å². The number of aliphatic hydroxyl groups is 6. The zero-order valence-corrected chi connectivity index (χ0v) is 10.8. The highest BCUT2D eigenvalue weighted by Crippen LogP contribution is 1.71. The first-order valence-electron chi connectivity index (χ1n) is 5.29. The third-order valence-electron chi connectivity index (χ3n) is 0.909. The van der Waals surface area contributed by atoms with Gasteiger partial charge in [-0.3, -0.25) is 0 Å². The van der Waals surface area contributed by atoms with Gasteiger partial charge in [-0.25, -0.2) is 0 Å². The van der Waals surface area contributed by atoms with E-state index in [9.17, 15) is 0 Å². The molecule has 1 atom stereocenters. The summed E-state index contributed by atoms with van der Waals surface area (Å²) in [5, 5.41) is 47.9. The van der Waals surface area contributed by atoms with Crippen molar-refractivity contribution in [2.24, 2.45) is 0 Å². The molecule has 0 aromatic carbocycles. The Hall–Kier alpha value is -0.500. The van der Waals surface area contributed by atoms with Crippen molar-refractivity contribution in [3.63, 3.8) is 0 Å². The Morgan fingerprint density at radius 2 is 1.12 bits per heavy atom. The summed E-state index contributed by atoms with van der Waals surface area (Å²) in [6, 6.07) is 0. The Balaban J connectivity index is -0.0000000705. The fourth-order valence-corrected chi connectivity index (χ4v) is 0.0577. The van der Waals surface area contributed by atoms with E-state index in [2.05, 4.69) is 13.2 Å². The summed E-state index contributed by atoms with van der Waals surface area (Å²) in [6.07, 6.45) is -0.639. The highest BCUT2D eigenvalue weighted by Gasteiger charge is 1.93. The molecule has 17 heavy (non-hydrogen) atoms. The minimum Gasteiger partial charge on any atom is -0.396 e. The summed E-state index contributed by atoms with van der Waals surface area (Å²) in [4.78, 5) is 0. The van der Waals surface area contributed by atoms with Crippen molar-refractivity contribution in [1.29, 1.82) is 0 Å². The molecule has 0 aliphatic rings. The first kappa shape index (κ1) is 25.4. The second-order valence-electron chi connectivity index (χ2n) is 2.77. The molecule has 1 unspecified atom stereocenters. The normalized spacial score (nSPS) is 9.94. The lowest BCUT2D eigenvalue weighted by molar-refractivity contribution is 0.0450. The molecule has 0 rings (SSSR count). The summed E-state index contributed by atoms with van der Waals surface area (Å²) in [5.41, 5.74) is 0. The first-order chi connectivity index (χ1) is 7.99. The van der Waals surface area contributed by atoms with Crippen LogP contribution in [0.4, 0.5) is 0 Å². The average Bonchev–Trinajstić information content (AvgIpc) is 2.40. The van der Waals surface area contributed by atoms with Crippen LogP contribution >= 0.6 is 0 Å². The van der Waals surface area contributed by atoms with E-state index in [4.69, 9.17) is 30.6 Å². The number of aliphatic hydroxyl groups excluding tert-OH is 6. The maximum atomic E-state index is 8.17. The van der Waals surface area contributed by atoms with Crippen molar-refractivity contribution in [1.82, 2.24) is 0 Å². The van der Waals surface area contributed by atoms with Crippen molar-refractivity contribution in [2.45, 2.75) is 32.5 Å². The third-order valence-corrected chi connectivity index (χ3v) is 0.909. The maximum absolute atomic E-state index is 8.17. The van der Waals surface area contributed by atoms with Crippen LogP contribution in [0.3, 0.4) is 0 Å². The van der Waals surface area contributed by atoms with Gasteiger partial charge in [0.15, 0.2) is 0 Å². The molecule has 6 N–H and O–H groups in total. The highest BCUT2D eigenvalue weighted by atomic mass is 16.3. The molecule has 0 saturated carbocycles. The minimum absolute atomic E-state index is 0.139. The molecule has 0 amide bonds. The fraction of sp³-hybridized carbons (Fsp3) is 0.818. The Labute approximate surface area is 103 Å². The van der Waals surface area contributed by atoms with Gasteiger partial charge in [-0.05, 0) is 13.3 Å². The van der Waals surface area contributed by atoms with E-state index in [1.807, 2.05) is 6.92 Å². The molecule has 0 spiro atoms. The number of rotatable bonds is 4. The van der Waals surface area contributed by atoms with Gasteiger partial charge >= 0.3 is 0 Å². The smallest absolute Gasteiger partial charge is 0.100 e. The Kier molecular flexibility index (Phi) is 44.1. The van der Waals surface area contributed by atoms with Crippen LogP contribution in [-0.4, -0.2) is 69.3 Å². The van der Waals surface area contributed by atoms with E-state index in [1.165, 1.54) is 6.92 Å². The second kappa shape index (κ2) is 29.6. The molecule has 0 aromatic rings. The van der Waals surface area contributed by atoms with Gasteiger partial charge in [0.05, 0.1) is 25.9 Å². The van der Waals surface area contributed by atoms with Crippen molar-refractivity contribution >= 4 is 0 Å².